The van der Waals surface area contributed by atoms with Crippen LogP contribution in [0, 0.1) is 0 Å². The molecule has 3 rings (SSSR count). The van der Waals surface area contributed by atoms with E-state index in [1.807, 2.05) is 0 Å². The summed E-state index contributed by atoms with van der Waals surface area (Å²) < 4.78 is 5.54. The van der Waals surface area contributed by atoms with E-state index in [2.05, 4.69) is 10.3 Å². The first kappa shape index (κ1) is 16.9. The van der Waals surface area contributed by atoms with Crippen LogP contribution in [0.5, 0.6) is 5.75 Å². The number of carbonyl (C=O) groups is 3. The molecule has 8 nitrogen and oxygen atoms in total. The highest BCUT2D eigenvalue weighted by atomic mass is 32.1. The van der Waals surface area contributed by atoms with Crippen molar-refractivity contribution < 1.29 is 19.1 Å². The predicted molar refractivity (Wildman–Crippen MR) is 92.5 cm³/mol. The molecule has 25 heavy (non-hydrogen) atoms. The van der Waals surface area contributed by atoms with Gasteiger partial charge in [-0.3, -0.25) is 19.3 Å². The molecule has 3 amide bonds. The number of fused-ring (bicyclic) bond motifs is 1. The third-order valence-corrected chi connectivity index (χ3v) is 4.34. The lowest BCUT2D eigenvalue weighted by Crippen LogP contribution is -2.47. The number of ether oxygens (including phenoxy) is 1. The summed E-state index contributed by atoms with van der Waals surface area (Å²) in [5.41, 5.74) is 6.16. The number of nitrogens with two attached hydrogens (primary N) is 1. The number of rotatable bonds is 5. The topological polar surface area (TPSA) is 115 Å². The molecule has 0 radical (unpaired) electrons. The standard InChI is InChI=1S/C16H16N4O4S/c1-9-15(23)20(11-4-2-3-5-12(11)24-9)7-14(22)19-16-18-10(8-25-16)6-13(17)21/h2-5,8-9H,6-7H2,1H3,(H2,17,21)(H,18,19,22)/t9-/m1/s1. The van der Waals surface area contributed by atoms with Crippen molar-refractivity contribution in [2.75, 3.05) is 16.8 Å². The lowest BCUT2D eigenvalue weighted by atomic mass is 10.2. The van der Waals surface area contributed by atoms with Gasteiger partial charge in [-0.15, -0.1) is 11.3 Å². The predicted octanol–water partition coefficient (Wildman–Crippen LogP) is 0.923. The van der Waals surface area contributed by atoms with E-state index in [1.165, 1.54) is 16.2 Å². The third-order valence-electron chi connectivity index (χ3n) is 3.53. The lowest BCUT2D eigenvalue weighted by molar-refractivity contribution is -0.127. The van der Waals surface area contributed by atoms with Crippen molar-refractivity contribution in [1.82, 2.24) is 4.98 Å². The lowest BCUT2D eigenvalue weighted by Gasteiger charge is -2.32. The van der Waals surface area contributed by atoms with Crippen LogP contribution < -0.4 is 20.7 Å². The number of aromatic nitrogens is 1. The molecular weight excluding hydrogens is 344 g/mol. The van der Waals surface area contributed by atoms with Crippen molar-refractivity contribution in [3.63, 3.8) is 0 Å². The minimum atomic E-state index is -0.662. The molecule has 0 saturated carbocycles. The number of hydrogen-bond donors (Lipinski definition) is 2. The van der Waals surface area contributed by atoms with Crippen LogP contribution in [0.15, 0.2) is 29.6 Å². The molecule has 1 aromatic carbocycles. The van der Waals surface area contributed by atoms with Crippen LogP contribution in [-0.2, 0) is 20.8 Å². The number of carbonyl (C=O) groups excluding carboxylic acids is 3. The van der Waals surface area contributed by atoms with Crippen molar-refractivity contribution in [3.8, 4) is 5.75 Å². The number of amides is 3. The van der Waals surface area contributed by atoms with Gasteiger partial charge in [0.1, 0.15) is 12.3 Å². The van der Waals surface area contributed by atoms with E-state index in [4.69, 9.17) is 10.5 Å². The highest BCUT2D eigenvalue weighted by Gasteiger charge is 2.32. The summed E-state index contributed by atoms with van der Waals surface area (Å²) in [4.78, 5) is 41.1. The van der Waals surface area contributed by atoms with Gasteiger partial charge in [0.2, 0.25) is 11.8 Å². The first-order valence-electron chi connectivity index (χ1n) is 7.53. The van der Waals surface area contributed by atoms with Crippen LogP contribution in [0.25, 0.3) is 0 Å². The number of anilines is 2. The molecule has 0 fully saturated rings. The van der Waals surface area contributed by atoms with Gasteiger partial charge < -0.3 is 15.8 Å². The second-order valence-electron chi connectivity index (χ2n) is 5.49. The fourth-order valence-corrected chi connectivity index (χ4v) is 3.17. The second kappa shape index (κ2) is 6.89. The van der Waals surface area contributed by atoms with Crippen molar-refractivity contribution in [2.45, 2.75) is 19.4 Å². The van der Waals surface area contributed by atoms with Crippen LogP contribution in [0.1, 0.15) is 12.6 Å². The molecule has 0 unspecified atom stereocenters. The minimum Gasteiger partial charge on any atom is -0.479 e. The second-order valence-corrected chi connectivity index (χ2v) is 6.35. The van der Waals surface area contributed by atoms with Gasteiger partial charge in [0, 0.05) is 5.38 Å². The van der Waals surface area contributed by atoms with Crippen LogP contribution in [-0.4, -0.2) is 35.4 Å². The van der Waals surface area contributed by atoms with Crippen LogP contribution in [0.3, 0.4) is 0 Å². The zero-order valence-electron chi connectivity index (χ0n) is 13.4. The van der Waals surface area contributed by atoms with Crippen molar-refractivity contribution in [1.29, 1.82) is 0 Å². The quantitative estimate of drug-likeness (QED) is 0.823. The van der Waals surface area contributed by atoms with E-state index in [-0.39, 0.29) is 18.9 Å². The molecule has 3 N–H and O–H groups in total. The molecule has 130 valence electrons. The number of nitrogens with one attached hydrogen (secondary N) is 1. The third kappa shape index (κ3) is 3.77. The van der Waals surface area contributed by atoms with Gasteiger partial charge in [-0.25, -0.2) is 4.98 Å². The maximum atomic E-state index is 12.4. The van der Waals surface area contributed by atoms with E-state index in [9.17, 15) is 14.4 Å². The average molecular weight is 360 g/mol. The van der Waals surface area contributed by atoms with Gasteiger partial charge in [-0.2, -0.15) is 0 Å². The highest BCUT2D eigenvalue weighted by Crippen LogP contribution is 2.33. The van der Waals surface area contributed by atoms with Crippen LogP contribution in [0.2, 0.25) is 0 Å². The van der Waals surface area contributed by atoms with Gasteiger partial charge in [-0.1, -0.05) is 12.1 Å². The molecule has 1 aromatic heterocycles. The number of thiazole rings is 1. The summed E-state index contributed by atoms with van der Waals surface area (Å²) >= 11 is 1.19. The SMILES string of the molecule is C[C@H]1Oc2ccccc2N(CC(=O)Nc2nc(CC(N)=O)cs2)C1=O. The molecule has 1 aliphatic rings. The maximum absolute atomic E-state index is 12.4. The van der Waals surface area contributed by atoms with E-state index in [0.717, 1.165) is 0 Å². The zero-order chi connectivity index (χ0) is 18.0. The molecule has 0 aliphatic carbocycles. The summed E-state index contributed by atoms with van der Waals surface area (Å²) in [6.45, 7) is 1.48. The maximum Gasteiger partial charge on any atom is 0.268 e. The molecular formula is C16H16N4O4S. The number of benzene rings is 1. The van der Waals surface area contributed by atoms with E-state index in [1.54, 1.807) is 36.6 Å². The summed E-state index contributed by atoms with van der Waals surface area (Å²) in [6, 6.07) is 7.05. The number of primary amides is 1. The van der Waals surface area contributed by atoms with Crippen molar-refractivity contribution in [2.24, 2.45) is 5.73 Å². The van der Waals surface area contributed by atoms with Gasteiger partial charge in [-0.05, 0) is 19.1 Å². The van der Waals surface area contributed by atoms with Gasteiger partial charge in [0.25, 0.3) is 5.91 Å². The molecule has 1 aliphatic heterocycles. The van der Waals surface area contributed by atoms with Crippen LogP contribution in [0.4, 0.5) is 10.8 Å². The Morgan fingerprint density at radius 1 is 1.40 bits per heavy atom. The molecule has 0 saturated heterocycles. The van der Waals surface area contributed by atoms with Crippen LogP contribution >= 0.6 is 11.3 Å². The van der Waals surface area contributed by atoms with Crippen molar-refractivity contribution in [3.05, 3.63) is 35.3 Å². The Labute approximate surface area is 147 Å². The minimum absolute atomic E-state index is 0.0131. The fraction of sp³-hybridized carbons (Fsp3) is 0.250. The molecule has 0 bridgehead atoms. The summed E-state index contributed by atoms with van der Waals surface area (Å²) in [5, 5.41) is 4.63. The Hall–Kier alpha value is -2.94. The first-order valence-corrected chi connectivity index (χ1v) is 8.41. The fourth-order valence-electron chi connectivity index (χ4n) is 2.45. The molecule has 2 aromatic rings. The molecule has 2 heterocycles. The Bertz CT molecular complexity index is 835. The van der Waals surface area contributed by atoms with E-state index >= 15 is 0 Å². The normalized spacial score (nSPS) is 16.1. The Kier molecular flexibility index (Phi) is 4.66. The molecule has 0 spiro atoms. The molecule has 9 heteroatoms. The average Bonchev–Trinajstić information content (AvgIpc) is 2.97. The molecule has 1 atom stereocenters. The summed E-state index contributed by atoms with van der Waals surface area (Å²) in [6.07, 6.45) is -0.649. The van der Waals surface area contributed by atoms with Gasteiger partial charge in [0.05, 0.1) is 17.8 Å². The summed E-state index contributed by atoms with van der Waals surface area (Å²) in [7, 11) is 0. The highest BCUT2D eigenvalue weighted by molar-refractivity contribution is 7.13. The number of para-hydroxylation sites is 2. The van der Waals surface area contributed by atoms with Gasteiger partial charge in [0.15, 0.2) is 11.2 Å². The zero-order valence-corrected chi connectivity index (χ0v) is 14.2. The van der Waals surface area contributed by atoms with Crippen molar-refractivity contribution >= 4 is 39.9 Å². The largest absolute Gasteiger partial charge is 0.479 e. The Morgan fingerprint density at radius 2 is 2.16 bits per heavy atom. The Balaban J connectivity index is 1.71. The first-order chi connectivity index (χ1) is 11.9. The van der Waals surface area contributed by atoms with Gasteiger partial charge >= 0.3 is 0 Å². The van der Waals surface area contributed by atoms with E-state index < -0.39 is 17.9 Å². The summed E-state index contributed by atoms with van der Waals surface area (Å²) in [5.74, 6) is -0.618. The smallest absolute Gasteiger partial charge is 0.268 e. The Morgan fingerprint density at radius 3 is 2.92 bits per heavy atom. The van der Waals surface area contributed by atoms with E-state index in [0.29, 0.717) is 22.3 Å². The monoisotopic (exact) mass is 360 g/mol. The number of nitrogens with zero attached hydrogens (tertiary/aromatic N) is 2. The number of hydrogen-bond acceptors (Lipinski definition) is 6.